The molecule has 0 saturated heterocycles. The van der Waals surface area contributed by atoms with Gasteiger partial charge in [-0.25, -0.2) is 14.3 Å². The van der Waals surface area contributed by atoms with Crippen molar-refractivity contribution in [3.8, 4) is 11.4 Å². The van der Waals surface area contributed by atoms with Crippen molar-refractivity contribution < 1.29 is 5.11 Å². The summed E-state index contributed by atoms with van der Waals surface area (Å²) in [6, 6.07) is 3.16. The Balaban J connectivity index is 2.68. The van der Waals surface area contributed by atoms with Gasteiger partial charge in [-0.3, -0.25) is 0 Å². The fourth-order valence-corrected chi connectivity index (χ4v) is 2.47. The first kappa shape index (κ1) is 13.5. The molecule has 0 atom stereocenters. The molecular formula is C12H13BrN4O2. The number of hydrogen-bond acceptors (Lipinski definition) is 5. The number of phenols is 1. The Labute approximate surface area is 118 Å². The molecule has 6 nitrogen and oxygen atoms in total. The molecule has 1 aromatic carbocycles. The zero-order valence-corrected chi connectivity index (χ0v) is 12.1. The topological polar surface area (TPSA) is 80.0 Å². The second-order valence-electron chi connectivity index (χ2n) is 3.87. The van der Waals surface area contributed by atoms with Gasteiger partial charge in [-0.05, 0) is 40.0 Å². The van der Waals surface area contributed by atoms with E-state index in [0.717, 1.165) is 5.56 Å². The van der Waals surface area contributed by atoms with Crippen molar-refractivity contribution in [3.63, 3.8) is 0 Å². The van der Waals surface area contributed by atoms with Crippen LogP contribution in [-0.4, -0.2) is 26.7 Å². The van der Waals surface area contributed by atoms with Crippen molar-refractivity contribution in [2.75, 3.05) is 12.4 Å². The average Bonchev–Trinajstić information content (AvgIpc) is 2.38. The third-order valence-corrected chi connectivity index (χ3v) is 3.28. The van der Waals surface area contributed by atoms with Crippen LogP contribution < -0.4 is 11.0 Å². The quantitative estimate of drug-likeness (QED) is 0.898. The van der Waals surface area contributed by atoms with E-state index in [2.05, 4.69) is 31.2 Å². The number of benzene rings is 1. The summed E-state index contributed by atoms with van der Waals surface area (Å²) in [5.74, 6) is 0.419. The predicted octanol–water partition coefficient (Wildman–Crippen LogP) is 1.70. The predicted molar refractivity (Wildman–Crippen MR) is 75.9 cm³/mol. The molecule has 100 valence electrons. The number of anilines is 1. The molecule has 1 heterocycles. The Hall–Kier alpha value is -1.89. The number of halogens is 1. The van der Waals surface area contributed by atoms with E-state index in [1.165, 1.54) is 17.0 Å². The second-order valence-corrected chi connectivity index (χ2v) is 4.73. The van der Waals surface area contributed by atoms with E-state index < -0.39 is 5.69 Å². The van der Waals surface area contributed by atoms with E-state index >= 15 is 0 Å². The fourth-order valence-electron chi connectivity index (χ4n) is 1.79. The first-order chi connectivity index (χ1) is 9.06. The summed E-state index contributed by atoms with van der Waals surface area (Å²) < 4.78 is 1.97. The van der Waals surface area contributed by atoms with Gasteiger partial charge >= 0.3 is 5.69 Å². The third-order valence-electron chi connectivity index (χ3n) is 2.68. The Morgan fingerprint density at radius 1 is 1.47 bits per heavy atom. The van der Waals surface area contributed by atoms with E-state index in [4.69, 9.17) is 0 Å². The Kier molecular flexibility index (Phi) is 3.84. The molecule has 0 saturated carbocycles. The van der Waals surface area contributed by atoms with Crippen LogP contribution in [-0.2, 0) is 6.42 Å². The fraction of sp³-hybridized carbons (Fsp3) is 0.250. The van der Waals surface area contributed by atoms with Gasteiger partial charge < -0.3 is 10.4 Å². The maximum atomic E-state index is 12.0. The SMILES string of the molecule is CCc1cc(O)cc(Br)c1-n1cnc(NC)nc1=O. The van der Waals surface area contributed by atoms with Crippen LogP contribution in [0.3, 0.4) is 0 Å². The highest BCUT2D eigenvalue weighted by atomic mass is 79.9. The first-order valence-corrected chi connectivity index (χ1v) is 6.51. The third kappa shape index (κ3) is 2.60. The smallest absolute Gasteiger partial charge is 0.356 e. The molecule has 0 radical (unpaired) electrons. The van der Waals surface area contributed by atoms with E-state index in [-0.39, 0.29) is 11.7 Å². The summed E-state index contributed by atoms with van der Waals surface area (Å²) >= 11 is 3.35. The van der Waals surface area contributed by atoms with Crippen LogP contribution in [0.25, 0.3) is 5.69 Å². The highest BCUT2D eigenvalue weighted by Gasteiger charge is 2.12. The molecule has 0 aliphatic carbocycles. The van der Waals surface area contributed by atoms with Crippen molar-refractivity contribution in [3.05, 3.63) is 39.0 Å². The van der Waals surface area contributed by atoms with Crippen LogP contribution in [0.15, 0.2) is 27.7 Å². The summed E-state index contributed by atoms with van der Waals surface area (Å²) in [5.41, 5.74) is 1.04. The maximum absolute atomic E-state index is 12.0. The number of aromatic nitrogens is 3. The Morgan fingerprint density at radius 3 is 2.79 bits per heavy atom. The zero-order valence-electron chi connectivity index (χ0n) is 10.5. The van der Waals surface area contributed by atoms with Crippen molar-refractivity contribution in [1.29, 1.82) is 0 Å². The lowest BCUT2D eigenvalue weighted by Crippen LogP contribution is -2.24. The van der Waals surface area contributed by atoms with Crippen LogP contribution in [0.5, 0.6) is 5.75 Å². The Bertz CT molecular complexity index is 669. The van der Waals surface area contributed by atoms with Gasteiger partial charge in [-0.2, -0.15) is 4.98 Å². The number of nitrogens with one attached hydrogen (secondary N) is 1. The lowest BCUT2D eigenvalue weighted by molar-refractivity contribution is 0.474. The number of hydrogen-bond donors (Lipinski definition) is 2. The lowest BCUT2D eigenvalue weighted by Gasteiger charge is -2.13. The van der Waals surface area contributed by atoms with Gasteiger partial charge in [-0.1, -0.05) is 6.92 Å². The molecular weight excluding hydrogens is 312 g/mol. The lowest BCUT2D eigenvalue weighted by atomic mass is 10.1. The van der Waals surface area contributed by atoms with E-state index in [1.54, 1.807) is 13.1 Å². The van der Waals surface area contributed by atoms with E-state index in [1.807, 2.05) is 6.92 Å². The minimum absolute atomic E-state index is 0.147. The highest BCUT2D eigenvalue weighted by molar-refractivity contribution is 9.10. The summed E-state index contributed by atoms with van der Waals surface area (Å²) in [6.07, 6.45) is 2.08. The molecule has 0 bridgehead atoms. The van der Waals surface area contributed by atoms with Crippen LogP contribution >= 0.6 is 15.9 Å². The zero-order chi connectivity index (χ0) is 14.0. The standard InChI is InChI=1S/C12H13BrN4O2/c1-3-7-4-8(18)5-9(13)10(7)17-6-15-11(14-2)16-12(17)19/h4-6,18H,3H2,1-2H3,(H,14,16,19). The van der Waals surface area contributed by atoms with Crippen LogP contribution in [0.1, 0.15) is 12.5 Å². The molecule has 19 heavy (non-hydrogen) atoms. The number of aromatic hydroxyl groups is 1. The van der Waals surface area contributed by atoms with Crippen molar-refractivity contribution >= 4 is 21.9 Å². The molecule has 0 aliphatic rings. The van der Waals surface area contributed by atoms with Crippen molar-refractivity contribution in [2.45, 2.75) is 13.3 Å². The summed E-state index contributed by atoms with van der Waals surface area (Å²) in [4.78, 5) is 19.8. The summed E-state index contributed by atoms with van der Waals surface area (Å²) in [6.45, 7) is 1.94. The monoisotopic (exact) mass is 324 g/mol. The van der Waals surface area contributed by atoms with Gasteiger partial charge in [0.05, 0.1) is 5.69 Å². The summed E-state index contributed by atoms with van der Waals surface area (Å²) in [5, 5.41) is 12.3. The van der Waals surface area contributed by atoms with Gasteiger partial charge in [0.15, 0.2) is 0 Å². The van der Waals surface area contributed by atoms with Gasteiger partial charge in [0.25, 0.3) is 0 Å². The van der Waals surface area contributed by atoms with Crippen molar-refractivity contribution in [2.24, 2.45) is 0 Å². The minimum atomic E-state index is -0.430. The molecule has 0 aliphatic heterocycles. The van der Waals surface area contributed by atoms with E-state index in [0.29, 0.717) is 16.6 Å². The molecule has 2 rings (SSSR count). The Morgan fingerprint density at radius 2 is 2.21 bits per heavy atom. The molecule has 1 aromatic heterocycles. The minimum Gasteiger partial charge on any atom is -0.508 e. The molecule has 0 unspecified atom stereocenters. The van der Waals surface area contributed by atoms with Gasteiger partial charge in [0, 0.05) is 11.5 Å². The van der Waals surface area contributed by atoms with Crippen molar-refractivity contribution in [1.82, 2.24) is 14.5 Å². The molecule has 0 spiro atoms. The number of nitrogens with zero attached hydrogens (tertiary/aromatic N) is 3. The molecule has 2 aromatic rings. The normalized spacial score (nSPS) is 10.5. The number of phenolic OH excluding ortho intramolecular Hbond substituents is 1. The van der Waals surface area contributed by atoms with Gasteiger partial charge in [-0.15, -0.1) is 0 Å². The second kappa shape index (κ2) is 5.40. The molecule has 0 amide bonds. The highest BCUT2D eigenvalue weighted by Crippen LogP contribution is 2.29. The van der Waals surface area contributed by atoms with Crippen LogP contribution in [0.2, 0.25) is 0 Å². The maximum Gasteiger partial charge on any atom is 0.356 e. The summed E-state index contributed by atoms with van der Waals surface area (Å²) in [7, 11) is 1.65. The van der Waals surface area contributed by atoms with E-state index in [9.17, 15) is 9.90 Å². The molecule has 7 heteroatoms. The molecule has 2 N–H and O–H groups in total. The largest absolute Gasteiger partial charge is 0.508 e. The van der Waals surface area contributed by atoms with Crippen LogP contribution in [0, 0.1) is 0 Å². The number of aryl methyl sites for hydroxylation is 1. The van der Waals surface area contributed by atoms with Gasteiger partial charge in [0.1, 0.15) is 12.1 Å². The molecule has 0 fully saturated rings. The van der Waals surface area contributed by atoms with Gasteiger partial charge in [0.2, 0.25) is 5.95 Å². The first-order valence-electron chi connectivity index (χ1n) is 5.72. The average molecular weight is 325 g/mol. The van der Waals surface area contributed by atoms with Crippen LogP contribution in [0.4, 0.5) is 5.95 Å². The number of rotatable bonds is 3.